The molecule has 1 aliphatic carbocycles. The lowest BCUT2D eigenvalue weighted by molar-refractivity contribution is -0.143. The molecule has 7 heteroatoms. The van der Waals surface area contributed by atoms with Gasteiger partial charge in [-0.2, -0.15) is 13.2 Å². The summed E-state index contributed by atoms with van der Waals surface area (Å²) in [7, 11) is 2.64. The quantitative estimate of drug-likeness (QED) is 0.887. The second-order valence-corrected chi connectivity index (χ2v) is 6.27. The van der Waals surface area contributed by atoms with Crippen LogP contribution in [0.15, 0.2) is 18.2 Å². The zero-order chi connectivity index (χ0) is 18.0. The van der Waals surface area contributed by atoms with Gasteiger partial charge < -0.3 is 14.8 Å². The van der Waals surface area contributed by atoms with Gasteiger partial charge in [-0.15, -0.1) is 0 Å². The maximum atomic E-state index is 13.1. The molecule has 1 aromatic rings. The Morgan fingerprint density at radius 1 is 1.33 bits per heavy atom. The van der Waals surface area contributed by atoms with Gasteiger partial charge in [0, 0.05) is 12.8 Å². The van der Waals surface area contributed by atoms with Gasteiger partial charge in [0.2, 0.25) is 0 Å². The van der Waals surface area contributed by atoms with E-state index >= 15 is 0 Å². The van der Waals surface area contributed by atoms with Crippen LogP contribution < -0.4 is 10.1 Å². The number of hydrogen-bond donors (Lipinski definition) is 1. The van der Waals surface area contributed by atoms with Crippen LogP contribution in [-0.2, 0) is 15.7 Å². The molecule has 1 N–H and O–H groups in total. The summed E-state index contributed by atoms with van der Waals surface area (Å²) in [5.41, 5.74) is -1.84. The van der Waals surface area contributed by atoms with Gasteiger partial charge in [0.15, 0.2) is 0 Å². The average molecular weight is 345 g/mol. The van der Waals surface area contributed by atoms with E-state index in [-0.39, 0.29) is 11.4 Å². The second-order valence-electron chi connectivity index (χ2n) is 6.27. The Morgan fingerprint density at radius 2 is 2.04 bits per heavy atom. The lowest BCUT2D eigenvalue weighted by atomic mass is 9.78. The normalized spacial score (nSPS) is 24.5. The predicted octanol–water partition coefficient (Wildman–Crippen LogP) is 4.25. The van der Waals surface area contributed by atoms with Crippen molar-refractivity contribution in [1.29, 1.82) is 0 Å². The lowest BCUT2D eigenvalue weighted by Crippen LogP contribution is -2.47. The molecule has 1 aromatic carbocycles. The van der Waals surface area contributed by atoms with Crippen LogP contribution in [-0.4, -0.2) is 25.7 Å². The number of alkyl halides is 3. The Balaban J connectivity index is 2.25. The molecule has 0 aliphatic heterocycles. The summed E-state index contributed by atoms with van der Waals surface area (Å²) in [6, 6.07) is 3.47. The first-order valence-electron chi connectivity index (χ1n) is 7.83. The summed E-state index contributed by atoms with van der Waals surface area (Å²) in [6.07, 6.45) is -1.60. The van der Waals surface area contributed by atoms with Crippen LogP contribution in [0.25, 0.3) is 0 Å². The van der Waals surface area contributed by atoms with Crippen LogP contribution in [0.5, 0.6) is 5.75 Å². The lowest BCUT2D eigenvalue weighted by Gasteiger charge is -2.37. The van der Waals surface area contributed by atoms with E-state index in [1.54, 1.807) is 0 Å². The zero-order valence-corrected chi connectivity index (χ0v) is 14.0. The molecule has 1 aliphatic rings. The van der Waals surface area contributed by atoms with E-state index in [1.165, 1.54) is 26.4 Å². The number of amides is 1. The number of methoxy groups -OCH3 is 2. The highest BCUT2D eigenvalue weighted by molar-refractivity contribution is 5.97. The van der Waals surface area contributed by atoms with Crippen molar-refractivity contribution in [3.8, 4) is 5.75 Å². The first-order chi connectivity index (χ1) is 11.2. The van der Waals surface area contributed by atoms with Crippen molar-refractivity contribution in [1.82, 2.24) is 0 Å². The number of hydrogen-bond acceptors (Lipinski definition) is 3. The highest BCUT2D eigenvalue weighted by Crippen LogP contribution is 2.39. The number of benzene rings is 1. The number of anilines is 1. The Hall–Kier alpha value is -1.76. The monoisotopic (exact) mass is 345 g/mol. The van der Waals surface area contributed by atoms with E-state index in [9.17, 15) is 18.0 Å². The van der Waals surface area contributed by atoms with Crippen molar-refractivity contribution >= 4 is 11.6 Å². The Bertz CT molecular complexity index is 603. The molecule has 0 heterocycles. The predicted molar refractivity (Wildman–Crippen MR) is 84.0 cm³/mol. The third-order valence-corrected chi connectivity index (χ3v) is 4.52. The molecule has 0 radical (unpaired) electrons. The number of ether oxygens (including phenoxy) is 2. The maximum absolute atomic E-state index is 13.1. The van der Waals surface area contributed by atoms with E-state index in [1.807, 2.05) is 6.92 Å². The van der Waals surface area contributed by atoms with Crippen LogP contribution in [0.4, 0.5) is 18.9 Å². The average Bonchev–Trinajstić information content (AvgIpc) is 2.53. The Kier molecular flexibility index (Phi) is 5.42. The van der Waals surface area contributed by atoms with E-state index in [2.05, 4.69) is 5.32 Å². The van der Waals surface area contributed by atoms with Crippen LogP contribution in [0.2, 0.25) is 0 Å². The Morgan fingerprint density at radius 3 is 2.58 bits per heavy atom. The summed E-state index contributed by atoms with van der Waals surface area (Å²) in [4.78, 5) is 12.6. The molecular weight excluding hydrogens is 323 g/mol. The minimum absolute atomic E-state index is 0.0720. The molecule has 0 unspecified atom stereocenters. The van der Waals surface area contributed by atoms with Crippen molar-refractivity contribution in [2.75, 3.05) is 19.5 Å². The molecule has 1 saturated carbocycles. The minimum Gasteiger partial charge on any atom is -0.496 e. The zero-order valence-electron chi connectivity index (χ0n) is 14.0. The molecule has 0 spiro atoms. The molecule has 2 rings (SSSR count). The smallest absolute Gasteiger partial charge is 0.420 e. The number of halogens is 3. The van der Waals surface area contributed by atoms with Gasteiger partial charge in [-0.25, -0.2) is 0 Å². The molecule has 0 bridgehead atoms. The van der Waals surface area contributed by atoms with Gasteiger partial charge in [0.25, 0.3) is 5.91 Å². The Labute approximate surface area is 139 Å². The summed E-state index contributed by atoms with van der Waals surface area (Å²) in [5.74, 6) is -0.367. The van der Waals surface area contributed by atoms with Gasteiger partial charge >= 0.3 is 6.18 Å². The standard InChI is InChI=1S/C17H22F3NO3/c1-11-5-4-8-16(10-11,24-3)15(22)21-12-6-7-14(23-2)13(9-12)17(18,19)20/h6-7,9,11H,4-5,8,10H2,1-3H3,(H,21,22)/t11-,16+/m1/s1. The van der Waals surface area contributed by atoms with Gasteiger partial charge in [0.1, 0.15) is 11.4 Å². The van der Waals surface area contributed by atoms with Crippen LogP contribution in [0.1, 0.15) is 38.2 Å². The van der Waals surface area contributed by atoms with Crippen molar-refractivity contribution < 1.29 is 27.4 Å². The van der Waals surface area contributed by atoms with Gasteiger partial charge in [0.05, 0.1) is 12.7 Å². The largest absolute Gasteiger partial charge is 0.496 e. The molecular formula is C17H22F3NO3. The van der Waals surface area contributed by atoms with Crippen LogP contribution >= 0.6 is 0 Å². The van der Waals surface area contributed by atoms with E-state index < -0.39 is 23.2 Å². The number of carbonyl (C=O) groups excluding carboxylic acids is 1. The van der Waals surface area contributed by atoms with Crippen LogP contribution in [0.3, 0.4) is 0 Å². The first kappa shape index (κ1) is 18.6. The number of nitrogens with one attached hydrogen (secondary N) is 1. The highest BCUT2D eigenvalue weighted by Gasteiger charge is 2.42. The third kappa shape index (κ3) is 3.83. The topological polar surface area (TPSA) is 47.6 Å². The molecule has 0 saturated heterocycles. The third-order valence-electron chi connectivity index (χ3n) is 4.52. The van der Waals surface area contributed by atoms with Crippen LogP contribution in [0, 0.1) is 5.92 Å². The summed E-state index contributed by atoms with van der Waals surface area (Å²) >= 11 is 0. The van der Waals surface area contributed by atoms with Gasteiger partial charge in [-0.3, -0.25) is 4.79 Å². The maximum Gasteiger partial charge on any atom is 0.420 e. The second kappa shape index (κ2) is 7.01. The van der Waals surface area contributed by atoms with Crippen molar-refractivity contribution in [3.63, 3.8) is 0 Å². The first-order valence-corrected chi connectivity index (χ1v) is 7.83. The molecule has 1 amide bonds. The molecule has 4 nitrogen and oxygen atoms in total. The SMILES string of the molecule is COc1ccc(NC(=O)[C@]2(OC)CCC[C@@H](C)C2)cc1C(F)(F)F. The fourth-order valence-corrected chi connectivity index (χ4v) is 3.24. The summed E-state index contributed by atoms with van der Waals surface area (Å²) < 4.78 is 49.5. The van der Waals surface area contributed by atoms with Crippen molar-refractivity contribution in [2.45, 2.75) is 44.4 Å². The molecule has 134 valence electrons. The minimum atomic E-state index is -4.57. The summed E-state index contributed by atoms with van der Waals surface area (Å²) in [6.45, 7) is 2.04. The molecule has 2 atom stereocenters. The van der Waals surface area contributed by atoms with E-state index in [0.29, 0.717) is 18.8 Å². The molecule has 0 aromatic heterocycles. The van der Waals surface area contributed by atoms with Gasteiger partial charge in [-0.1, -0.05) is 13.3 Å². The summed E-state index contributed by atoms with van der Waals surface area (Å²) in [5, 5.41) is 2.57. The van der Waals surface area contributed by atoms with Crippen molar-refractivity contribution in [2.24, 2.45) is 5.92 Å². The molecule has 24 heavy (non-hydrogen) atoms. The highest BCUT2D eigenvalue weighted by atomic mass is 19.4. The van der Waals surface area contributed by atoms with Gasteiger partial charge in [-0.05, 0) is 43.4 Å². The van der Waals surface area contributed by atoms with E-state index in [4.69, 9.17) is 9.47 Å². The fraction of sp³-hybridized carbons (Fsp3) is 0.588. The number of carbonyl (C=O) groups is 1. The van der Waals surface area contributed by atoms with E-state index in [0.717, 1.165) is 18.9 Å². The molecule has 1 fully saturated rings. The number of rotatable bonds is 4. The fourth-order valence-electron chi connectivity index (χ4n) is 3.24. The van der Waals surface area contributed by atoms with Crippen molar-refractivity contribution in [3.05, 3.63) is 23.8 Å².